The summed E-state index contributed by atoms with van der Waals surface area (Å²) in [6.07, 6.45) is 2.02. The van der Waals surface area contributed by atoms with Crippen LogP contribution in [0.2, 0.25) is 0 Å². The molecule has 0 bridgehead atoms. The fourth-order valence-corrected chi connectivity index (χ4v) is 2.62. The molecule has 1 aliphatic rings. The topological polar surface area (TPSA) is 49.8 Å². The fourth-order valence-electron chi connectivity index (χ4n) is 2.37. The van der Waals surface area contributed by atoms with Gasteiger partial charge < -0.3 is 14.7 Å². The standard InChI is InChI=1S/C14H18ClNO3/c1-19-11-4-5-12(13(17)7-11)14(18)16-6-2-3-10(8-15)9-16/h4-5,7,10,17H,2-3,6,8-9H2,1H3. The molecular formula is C14H18ClNO3. The van der Waals surface area contributed by atoms with Crippen molar-refractivity contribution in [2.45, 2.75) is 12.8 Å². The van der Waals surface area contributed by atoms with Crippen molar-refractivity contribution in [3.8, 4) is 11.5 Å². The molecule has 0 aliphatic carbocycles. The predicted molar refractivity (Wildman–Crippen MR) is 74.0 cm³/mol. The maximum atomic E-state index is 12.4. The van der Waals surface area contributed by atoms with Gasteiger partial charge >= 0.3 is 0 Å². The number of hydrogen-bond donors (Lipinski definition) is 1. The average Bonchev–Trinajstić information content (AvgIpc) is 2.46. The van der Waals surface area contributed by atoms with E-state index in [9.17, 15) is 9.90 Å². The number of rotatable bonds is 3. The SMILES string of the molecule is COc1ccc(C(=O)N2CCCC(CCl)C2)c(O)c1. The lowest BCUT2D eigenvalue weighted by Crippen LogP contribution is -2.40. The van der Waals surface area contributed by atoms with Crippen molar-refractivity contribution in [3.05, 3.63) is 23.8 Å². The molecule has 1 aliphatic heterocycles. The zero-order valence-electron chi connectivity index (χ0n) is 10.9. The minimum Gasteiger partial charge on any atom is -0.507 e. The molecule has 4 nitrogen and oxygen atoms in total. The summed E-state index contributed by atoms with van der Waals surface area (Å²) in [6.45, 7) is 1.38. The highest BCUT2D eigenvalue weighted by molar-refractivity contribution is 6.18. The maximum Gasteiger partial charge on any atom is 0.257 e. The molecule has 0 aromatic heterocycles. The molecule has 1 aromatic carbocycles. The smallest absolute Gasteiger partial charge is 0.257 e. The third kappa shape index (κ3) is 3.13. The quantitative estimate of drug-likeness (QED) is 0.867. The summed E-state index contributed by atoms with van der Waals surface area (Å²) < 4.78 is 5.01. The second kappa shape index (κ2) is 6.15. The van der Waals surface area contributed by atoms with Crippen LogP contribution in [0.3, 0.4) is 0 Å². The second-order valence-electron chi connectivity index (χ2n) is 4.80. The number of hydrogen-bond acceptors (Lipinski definition) is 3. The molecule has 1 atom stereocenters. The molecule has 1 aromatic rings. The first-order valence-corrected chi connectivity index (χ1v) is 6.91. The van der Waals surface area contributed by atoms with Crippen LogP contribution in [0.25, 0.3) is 0 Å². The number of aromatic hydroxyl groups is 1. The summed E-state index contributed by atoms with van der Waals surface area (Å²) in [5.74, 6) is 1.26. The van der Waals surface area contributed by atoms with Crippen LogP contribution >= 0.6 is 11.6 Å². The van der Waals surface area contributed by atoms with Crippen molar-refractivity contribution in [2.75, 3.05) is 26.1 Å². The highest BCUT2D eigenvalue weighted by atomic mass is 35.5. The second-order valence-corrected chi connectivity index (χ2v) is 5.11. The predicted octanol–water partition coefficient (Wildman–Crippen LogP) is 2.49. The Kier molecular flexibility index (Phi) is 4.53. The Bertz CT molecular complexity index is 464. The van der Waals surface area contributed by atoms with Gasteiger partial charge in [0.1, 0.15) is 11.5 Å². The van der Waals surface area contributed by atoms with E-state index in [1.807, 2.05) is 0 Å². The van der Waals surface area contributed by atoms with Crippen molar-refractivity contribution in [2.24, 2.45) is 5.92 Å². The van der Waals surface area contributed by atoms with Crippen LogP contribution in [0.1, 0.15) is 23.2 Å². The van der Waals surface area contributed by atoms with Crippen molar-refractivity contribution < 1.29 is 14.6 Å². The third-order valence-electron chi connectivity index (χ3n) is 3.46. The summed E-state index contributed by atoms with van der Waals surface area (Å²) in [7, 11) is 1.52. The van der Waals surface area contributed by atoms with Gasteiger partial charge in [-0.25, -0.2) is 0 Å². The largest absolute Gasteiger partial charge is 0.507 e. The number of phenols is 1. The molecule has 104 valence electrons. The van der Waals surface area contributed by atoms with E-state index in [1.54, 1.807) is 17.0 Å². The van der Waals surface area contributed by atoms with E-state index >= 15 is 0 Å². The Labute approximate surface area is 117 Å². The van der Waals surface area contributed by atoms with Crippen LogP contribution < -0.4 is 4.74 Å². The molecule has 1 unspecified atom stereocenters. The minimum absolute atomic E-state index is 0.0441. The van der Waals surface area contributed by atoms with Gasteiger partial charge in [0.15, 0.2) is 0 Å². The molecule has 1 fully saturated rings. The van der Waals surface area contributed by atoms with Crippen molar-refractivity contribution in [1.82, 2.24) is 4.90 Å². The number of nitrogens with zero attached hydrogens (tertiary/aromatic N) is 1. The van der Waals surface area contributed by atoms with Gasteiger partial charge in [0.2, 0.25) is 0 Å². The third-order valence-corrected chi connectivity index (χ3v) is 3.90. The van der Waals surface area contributed by atoms with Crippen LogP contribution in [-0.2, 0) is 0 Å². The van der Waals surface area contributed by atoms with Gasteiger partial charge in [-0.15, -0.1) is 11.6 Å². The molecule has 5 heteroatoms. The van der Waals surface area contributed by atoms with Gasteiger partial charge in [-0.3, -0.25) is 4.79 Å². The lowest BCUT2D eigenvalue weighted by Gasteiger charge is -2.32. The van der Waals surface area contributed by atoms with E-state index < -0.39 is 0 Å². The Morgan fingerprint density at radius 2 is 2.37 bits per heavy atom. The number of benzene rings is 1. The number of halogens is 1. The van der Waals surface area contributed by atoms with Crippen LogP contribution in [0, 0.1) is 5.92 Å². The lowest BCUT2D eigenvalue weighted by atomic mass is 9.99. The van der Waals surface area contributed by atoms with Crippen LogP contribution in [0.4, 0.5) is 0 Å². The molecule has 1 heterocycles. The van der Waals surface area contributed by atoms with Gasteiger partial charge in [0.25, 0.3) is 5.91 Å². The number of ether oxygens (including phenoxy) is 1. The van der Waals surface area contributed by atoms with Gasteiger partial charge in [-0.2, -0.15) is 0 Å². The molecule has 0 saturated carbocycles. The van der Waals surface area contributed by atoms with Crippen molar-refractivity contribution in [3.63, 3.8) is 0 Å². The molecule has 19 heavy (non-hydrogen) atoms. The lowest BCUT2D eigenvalue weighted by molar-refractivity contribution is 0.0682. The van der Waals surface area contributed by atoms with E-state index in [1.165, 1.54) is 13.2 Å². The number of piperidine rings is 1. The van der Waals surface area contributed by atoms with Gasteiger partial charge in [0, 0.05) is 25.0 Å². The first kappa shape index (κ1) is 14.0. The van der Waals surface area contributed by atoms with Gasteiger partial charge in [0.05, 0.1) is 12.7 Å². The Balaban J connectivity index is 2.15. The number of methoxy groups -OCH3 is 1. The number of amides is 1. The number of carbonyl (C=O) groups is 1. The minimum atomic E-state index is -0.144. The zero-order chi connectivity index (χ0) is 13.8. The summed E-state index contributed by atoms with van der Waals surface area (Å²) in [5.41, 5.74) is 0.316. The molecular weight excluding hydrogens is 266 g/mol. The number of carbonyl (C=O) groups excluding carboxylic acids is 1. The first-order chi connectivity index (χ1) is 9.15. The number of alkyl halides is 1. The number of phenolic OH excluding ortho intramolecular Hbond substituents is 1. The van der Waals surface area contributed by atoms with Crippen LogP contribution in [-0.4, -0.2) is 42.0 Å². The summed E-state index contributed by atoms with van der Waals surface area (Å²) in [4.78, 5) is 14.1. The van der Waals surface area contributed by atoms with Crippen molar-refractivity contribution >= 4 is 17.5 Å². The van der Waals surface area contributed by atoms with E-state index in [4.69, 9.17) is 16.3 Å². The Hall–Kier alpha value is -1.42. The highest BCUT2D eigenvalue weighted by Crippen LogP contribution is 2.26. The summed E-state index contributed by atoms with van der Waals surface area (Å²) in [6, 6.07) is 4.73. The molecule has 1 saturated heterocycles. The maximum absolute atomic E-state index is 12.4. The molecule has 1 amide bonds. The van der Waals surface area contributed by atoms with E-state index in [0.29, 0.717) is 29.7 Å². The number of likely N-dealkylation sites (tertiary alicyclic amines) is 1. The Morgan fingerprint density at radius 1 is 1.58 bits per heavy atom. The van der Waals surface area contributed by atoms with E-state index in [-0.39, 0.29) is 11.7 Å². The zero-order valence-corrected chi connectivity index (χ0v) is 11.7. The van der Waals surface area contributed by atoms with E-state index in [2.05, 4.69) is 0 Å². The van der Waals surface area contributed by atoms with Gasteiger partial charge in [-0.05, 0) is 30.9 Å². The first-order valence-electron chi connectivity index (χ1n) is 6.38. The average molecular weight is 284 g/mol. The molecule has 0 spiro atoms. The molecule has 0 radical (unpaired) electrons. The van der Waals surface area contributed by atoms with Gasteiger partial charge in [-0.1, -0.05) is 0 Å². The highest BCUT2D eigenvalue weighted by Gasteiger charge is 2.25. The normalized spacial score (nSPS) is 19.3. The monoisotopic (exact) mass is 283 g/mol. The summed E-state index contributed by atoms with van der Waals surface area (Å²) in [5, 5.41) is 9.89. The van der Waals surface area contributed by atoms with Crippen LogP contribution in [0.5, 0.6) is 11.5 Å². The van der Waals surface area contributed by atoms with Crippen molar-refractivity contribution in [1.29, 1.82) is 0 Å². The van der Waals surface area contributed by atoms with Crippen LogP contribution in [0.15, 0.2) is 18.2 Å². The molecule has 2 rings (SSSR count). The summed E-state index contributed by atoms with van der Waals surface area (Å²) >= 11 is 5.86. The Morgan fingerprint density at radius 3 is 3.00 bits per heavy atom. The van der Waals surface area contributed by atoms with E-state index in [0.717, 1.165) is 19.4 Å². The fraction of sp³-hybridized carbons (Fsp3) is 0.500. The molecule has 1 N–H and O–H groups in total.